The summed E-state index contributed by atoms with van der Waals surface area (Å²) in [5.41, 5.74) is 1.23. The van der Waals surface area contributed by atoms with Gasteiger partial charge < -0.3 is 9.47 Å². The van der Waals surface area contributed by atoms with Crippen molar-refractivity contribution >= 4 is 6.21 Å². The van der Waals surface area contributed by atoms with Crippen molar-refractivity contribution in [1.82, 2.24) is 0 Å². The van der Waals surface area contributed by atoms with Gasteiger partial charge in [0, 0.05) is 12.6 Å². The Balaban J connectivity index is 1.72. The monoisotopic (exact) mass is 233 g/mol. The lowest BCUT2D eigenvalue weighted by Crippen LogP contribution is -2.21. The normalized spacial score (nSPS) is 23.3. The summed E-state index contributed by atoms with van der Waals surface area (Å²) in [5, 5.41) is 0. The van der Waals surface area contributed by atoms with Crippen molar-refractivity contribution in [2.45, 2.75) is 38.7 Å². The first-order valence-electron chi connectivity index (χ1n) is 6.00. The van der Waals surface area contributed by atoms with E-state index >= 15 is 0 Å². The third kappa shape index (κ3) is 3.95. The van der Waals surface area contributed by atoms with Crippen molar-refractivity contribution in [3.63, 3.8) is 0 Å². The Bertz CT molecular complexity index is 373. The van der Waals surface area contributed by atoms with Crippen molar-refractivity contribution in [1.29, 1.82) is 0 Å². The van der Waals surface area contributed by atoms with Crippen LogP contribution < -0.4 is 0 Å². The first-order chi connectivity index (χ1) is 8.16. The highest BCUT2D eigenvalue weighted by Gasteiger charge is 2.31. The first-order valence-corrected chi connectivity index (χ1v) is 6.00. The fourth-order valence-electron chi connectivity index (χ4n) is 1.82. The van der Waals surface area contributed by atoms with Crippen LogP contribution in [0.25, 0.3) is 0 Å². The molecule has 1 heterocycles. The average molecular weight is 233 g/mol. The third-order valence-corrected chi connectivity index (χ3v) is 2.68. The first kappa shape index (κ1) is 12.3. The molecule has 0 radical (unpaired) electrons. The highest BCUT2D eigenvalue weighted by atomic mass is 16.7. The number of ether oxygens (including phenoxy) is 2. The van der Waals surface area contributed by atoms with E-state index in [1.165, 1.54) is 5.56 Å². The molecule has 2 rings (SSSR count). The van der Waals surface area contributed by atoms with Crippen LogP contribution in [0.4, 0.5) is 0 Å². The van der Waals surface area contributed by atoms with Crippen LogP contribution in [-0.4, -0.2) is 24.7 Å². The highest BCUT2D eigenvalue weighted by molar-refractivity contribution is 5.58. The van der Waals surface area contributed by atoms with Gasteiger partial charge in [0.2, 0.25) is 0 Å². The number of benzene rings is 1. The van der Waals surface area contributed by atoms with Crippen LogP contribution in [-0.2, 0) is 16.0 Å². The molecule has 0 amide bonds. The van der Waals surface area contributed by atoms with Crippen molar-refractivity contribution in [2.24, 2.45) is 4.99 Å². The molecular formula is C14H19NO2. The Morgan fingerprint density at radius 2 is 2.12 bits per heavy atom. The van der Waals surface area contributed by atoms with E-state index in [2.05, 4.69) is 17.1 Å². The molecule has 1 fully saturated rings. The number of aliphatic imine (C=N–C) groups is 1. The van der Waals surface area contributed by atoms with Gasteiger partial charge in [0.15, 0.2) is 5.79 Å². The second kappa shape index (κ2) is 5.43. The zero-order valence-electron chi connectivity index (χ0n) is 10.4. The topological polar surface area (TPSA) is 30.8 Å². The van der Waals surface area contributed by atoms with E-state index in [1.54, 1.807) is 0 Å². The highest BCUT2D eigenvalue weighted by Crippen LogP contribution is 2.23. The Labute approximate surface area is 102 Å². The molecule has 1 aromatic carbocycles. The largest absolute Gasteiger partial charge is 0.348 e. The van der Waals surface area contributed by atoms with Gasteiger partial charge in [0.05, 0.1) is 19.3 Å². The number of rotatable bonds is 4. The lowest BCUT2D eigenvalue weighted by atomic mass is 10.2. The van der Waals surface area contributed by atoms with E-state index in [0.717, 1.165) is 13.0 Å². The Morgan fingerprint density at radius 1 is 1.35 bits per heavy atom. The molecule has 1 aliphatic heterocycles. The summed E-state index contributed by atoms with van der Waals surface area (Å²) in [7, 11) is 0. The van der Waals surface area contributed by atoms with E-state index in [1.807, 2.05) is 38.3 Å². The molecule has 1 saturated heterocycles. The van der Waals surface area contributed by atoms with Gasteiger partial charge in [0.1, 0.15) is 0 Å². The molecule has 0 aliphatic carbocycles. The molecule has 0 aromatic heterocycles. The van der Waals surface area contributed by atoms with E-state index in [4.69, 9.17) is 9.47 Å². The molecule has 92 valence electrons. The van der Waals surface area contributed by atoms with Crippen molar-refractivity contribution in [3.05, 3.63) is 35.9 Å². The van der Waals surface area contributed by atoms with Crippen molar-refractivity contribution in [3.8, 4) is 0 Å². The third-order valence-electron chi connectivity index (χ3n) is 2.68. The van der Waals surface area contributed by atoms with Gasteiger partial charge in [0.25, 0.3) is 0 Å². The van der Waals surface area contributed by atoms with Gasteiger partial charge in [-0.15, -0.1) is 0 Å². The van der Waals surface area contributed by atoms with Crippen molar-refractivity contribution < 1.29 is 9.47 Å². The zero-order valence-corrected chi connectivity index (χ0v) is 10.4. The van der Waals surface area contributed by atoms with Gasteiger partial charge in [-0.05, 0) is 19.4 Å². The lowest BCUT2D eigenvalue weighted by Gasteiger charge is -2.16. The van der Waals surface area contributed by atoms with Gasteiger partial charge in [-0.2, -0.15) is 0 Å². The number of nitrogens with zero attached hydrogens (tertiary/aromatic N) is 1. The maximum Gasteiger partial charge on any atom is 0.163 e. The average Bonchev–Trinajstić information content (AvgIpc) is 2.66. The summed E-state index contributed by atoms with van der Waals surface area (Å²) in [6.45, 7) is 5.27. The number of hydrogen-bond donors (Lipinski definition) is 0. The molecule has 3 nitrogen and oxygen atoms in total. The Kier molecular flexibility index (Phi) is 3.92. The maximum absolute atomic E-state index is 5.69. The fraction of sp³-hybridized carbons (Fsp3) is 0.500. The summed E-state index contributed by atoms with van der Waals surface area (Å²) in [5.74, 6) is -0.433. The Hall–Kier alpha value is -1.19. The molecule has 0 saturated carbocycles. The van der Waals surface area contributed by atoms with Crippen LogP contribution in [0, 0.1) is 0 Å². The predicted octanol–water partition coefficient (Wildman–Crippen LogP) is 2.80. The minimum atomic E-state index is -0.433. The summed E-state index contributed by atoms with van der Waals surface area (Å²) >= 11 is 0. The summed E-state index contributed by atoms with van der Waals surface area (Å²) in [6, 6.07) is 10.2. The quantitative estimate of drug-likeness (QED) is 0.749. The molecule has 0 N–H and O–H groups in total. The van der Waals surface area contributed by atoms with Crippen LogP contribution in [0.5, 0.6) is 0 Å². The minimum Gasteiger partial charge on any atom is -0.348 e. The van der Waals surface area contributed by atoms with E-state index in [0.29, 0.717) is 6.61 Å². The van der Waals surface area contributed by atoms with Crippen LogP contribution >= 0.6 is 0 Å². The van der Waals surface area contributed by atoms with Gasteiger partial charge in [-0.3, -0.25) is 4.99 Å². The smallest absolute Gasteiger partial charge is 0.163 e. The molecule has 0 spiro atoms. The van der Waals surface area contributed by atoms with Gasteiger partial charge in [-0.25, -0.2) is 0 Å². The molecule has 1 aromatic rings. The molecule has 1 atom stereocenters. The fourth-order valence-corrected chi connectivity index (χ4v) is 1.82. The minimum absolute atomic E-state index is 0.143. The maximum atomic E-state index is 5.69. The molecule has 17 heavy (non-hydrogen) atoms. The number of hydrogen-bond acceptors (Lipinski definition) is 3. The van der Waals surface area contributed by atoms with Crippen LogP contribution in [0.1, 0.15) is 25.8 Å². The van der Waals surface area contributed by atoms with E-state index in [-0.39, 0.29) is 6.10 Å². The molecule has 0 bridgehead atoms. The summed E-state index contributed by atoms with van der Waals surface area (Å²) < 4.78 is 11.2. The van der Waals surface area contributed by atoms with Gasteiger partial charge in [-0.1, -0.05) is 30.3 Å². The zero-order chi connectivity index (χ0) is 12.1. The van der Waals surface area contributed by atoms with Crippen molar-refractivity contribution in [2.75, 3.05) is 6.61 Å². The van der Waals surface area contributed by atoms with Gasteiger partial charge >= 0.3 is 0 Å². The van der Waals surface area contributed by atoms with Crippen LogP contribution in [0.3, 0.4) is 0 Å². The lowest BCUT2D eigenvalue weighted by molar-refractivity contribution is -0.137. The molecule has 3 heteroatoms. The second-order valence-corrected chi connectivity index (χ2v) is 4.70. The molecule has 0 unspecified atom stereocenters. The van der Waals surface area contributed by atoms with Crippen LogP contribution in [0.2, 0.25) is 0 Å². The molecular weight excluding hydrogens is 214 g/mol. The van der Waals surface area contributed by atoms with E-state index < -0.39 is 5.79 Å². The summed E-state index contributed by atoms with van der Waals surface area (Å²) in [4.78, 5) is 4.39. The second-order valence-electron chi connectivity index (χ2n) is 4.70. The Morgan fingerprint density at radius 3 is 2.76 bits per heavy atom. The van der Waals surface area contributed by atoms with E-state index in [9.17, 15) is 0 Å². The predicted molar refractivity (Wildman–Crippen MR) is 68.2 cm³/mol. The van der Waals surface area contributed by atoms with Crippen LogP contribution in [0.15, 0.2) is 35.3 Å². The standard InChI is InChI=1S/C14H19NO2/c1-14(2)16-11-13(17-14)8-9-15-10-12-6-4-3-5-7-12/h3-7,9,13H,8,10-11H2,1-2H3/t13-/m0/s1. The summed E-state index contributed by atoms with van der Waals surface area (Å²) in [6.07, 6.45) is 2.89. The molecule has 1 aliphatic rings. The SMILES string of the molecule is CC1(C)OC[C@H](CC=NCc2ccccc2)O1.